The van der Waals surface area contributed by atoms with Gasteiger partial charge >= 0.3 is 0 Å². The molecule has 6 aromatic carbocycles. The van der Waals surface area contributed by atoms with E-state index in [2.05, 4.69) is 164 Å². The molecule has 50 heavy (non-hydrogen) atoms. The van der Waals surface area contributed by atoms with E-state index < -0.39 is 0 Å². The van der Waals surface area contributed by atoms with Gasteiger partial charge in [0.05, 0.1) is 11.0 Å². The van der Waals surface area contributed by atoms with Crippen LogP contribution in [0.4, 0.5) is 0 Å². The maximum absolute atomic E-state index is 5.38. The first-order chi connectivity index (χ1) is 24.4. The molecule has 8 aromatic rings. The van der Waals surface area contributed by atoms with E-state index >= 15 is 0 Å². The SMILES string of the molecule is CCCCCCCCn1c2ccccc2c2cc(/C=C/c3ccc(-c4nc5c6ccccc6c6ccccc6c5n4C(C)(C)C)cc3)ccc21. The van der Waals surface area contributed by atoms with Gasteiger partial charge in [0.25, 0.3) is 0 Å². The van der Waals surface area contributed by atoms with Crippen LogP contribution < -0.4 is 0 Å². The molecule has 2 aromatic heterocycles. The Morgan fingerprint density at radius 3 is 1.88 bits per heavy atom. The maximum Gasteiger partial charge on any atom is 0.141 e. The lowest BCUT2D eigenvalue weighted by Gasteiger charge is -2.25. The van der Waals surface area contributed by atoms with Gasteiger partial charge in [-0.15, -0.1) is 0 Å². The fraction of sp³-hybridized carbons (Fsp3) is 0.255. The minimum absolute atomic E-state index is 0.162. The van der Waals surface area contributed by atoms with Gasteiger partial charge in [-0.3, -0.25) is 0 Å². The molecule has 2 heterocycles. The number of benzene rings is 6. The first kappa shape index (κ1) is 32.1. The number of unbranched alkanes of at least 4 members (excludes halogenated alkanes) is 5. The molecule has 0 unspecified atom stereocenters. The lowest BCUT2D eigenvalue weighted by atomic mass is 9.98. The molecule has 0 saturated heterocycles. The number of fused-ring (bicyclic) bond motifs is 9. The molecule has 250 valence electrons. The first-order valence-corrected chi connectivity index (χ1v) is 18.5. The monoisotopic (exact) mass is 653 g/mol. The predicted molar refractivity (Wildman–Crippen MR) is 217 cm³/mol. The van der Waals surface area contributed by atoms with Gasteiger partial charge in [-0.2, -0.15) is 0 Å². The third-order valence-electron chi connectivity index (χ3n) is 10.4. The van der Waals surface area contributed by atoms with Gasteiger partial charge < -0.3 is 9.13 Å². The fourth-order valence-electron chi connectivity index (χ4n) is 7.95. The largest absolute Gasteiger partial charge is 0.340 e. The summed E-state index contributed by atoms with van der Waals surface area (Å²) in [5.74, 6) is 1.01. The summed E-state index contributed by atoms with van der Waals surface area (Å²) in [7, 11) is 0. The maximum atomic E-state index is 5.38. The van der Waals surface area contributed by atoms with E-state index in [1.54, 1.807) is 0 Å². The molecule has 3 heteroatoms. The highest BCUT2D eigenvalue weighted by Gasteiger charge is 2.25. The van der Waals surface area contributed by atoms with Crippen molar-refractivity contribution in [2.75, 3.05) is 0 Å². The Morgan fingerprint density at radius 1 is 0.560 bits per heavy atom. The Morgan fingerprint density at radius 2 is 1.14 bits per heavy atom. The van der Waals surface area contributed by atoms with Crippen LogP contribution in [0.25, 0.3) is 77.9 Å². The molecule has 0 radical (unpaired) electrons. The zero-order valence-corrected chi connectivity index (χ0v) is 29.9. The van der Waals surface area contributed by atoms with Crippen LogP contribution in [-0.2, 0) is 12.1 Å². The van der Waals surface area contributed by atoms with Crippen molar-refractivity contribution < 1.29 is 0 Å². The molecule has 0 aliphatic rings. The van der Waals surface area contributed by atoms with Gasteiger partial charge in [0.15, 0.2) is 0 Å². The Kier molecular flexibility index (Phi) is 8.52. The second-order valence-electron chi connectivity index (χ2n) is 14.9. The highest BCUT2D eigenvalue weighted by molar-refractivity contribution is 6.24. The summed E-state index contributed by atoms with van der Waals surface area (Å²) >= 11 is 0. The molecule has 0 bridgehead atoms. The highest BCUT2D eigenvalue weighted by atomic mass is 15.1. The van der Waals surface area contributed by atoms with Crippen molar-refractivity contribution in [1.29, 1.82) is 0 Å². The van der Waals surface area contributed by atoms with E-state index in [9.17, 15) is 0 Å². The van der Waals surface area contributed by atoms with Crippen LogP contribution in [0.3, 0.4) is 0 Å². The fourth-order valence-corrected chi connectivity index (χ4v) is 7.95. The topological polar surface area (TPSA) is 22.8 Å². The molecular formula is C47H47N3. The van der Waals surface area contributed by atoms with Crippen LogP contribution in [-0.4, -0.2) is 14.1 Å². The van der Waals surface area contributed by atoms with Crippen LogP contribution >= 0.6 is 0 Å². The number of imidazole rings is 1. The molecule has 0 N–H and O–H groups in total. The first-order valence-electron chi connectivity index (χ1n) is 18.5. The Bertz CT molecular complexity index is 2500. The van der Waals surface area contributed by atoms with Crippen LogP contribution in [0.15, 0.2) is 115 Å². The molecule has 0 amide bonds. The number of aromatic nitrogens is 3. The number of nitrogens with zero attached hydrogens (tertiary/aromatic N) is 3. The Labute approximate surface area is 295 Å². The molecular weight excluding hydrogens is 607 g/mol. The number of rotatable bonds is 10. The summed E-state index contributed by atoms with van der Waals surface area (Å²) < 4.78 is 4.98. The van der Waals surface area contributed by atoms with Gasteiger partial charge in [-0.1, -0.05) is 148 Å². The van der Waals surface area contributed by atoms with Crippen molar-refractivity contribution in [3.63, 3.8) is 0 Å². The quantitative estimate of drug-likeness (QED) is 0.0818. The normalized spacial score (nSPS) is 12.5. The number of para-hydroxylation sites is 1. The van der Waals surface area contributed by atoms with Crippen LogP contribution in [0.2, 0.25) is 0 Å². The second kappa shape index (κ2) is 13.3. The molecule has 0 spiro atoms. The molecule has 3 nitrogen and oxygen atoms in total. The number of hydrogen-bond donors (Lipinski definition) is 0. The van der Waals surface area contributed by atoms with E-state index in [4.69, 9.17) is 4.98 Å². The molecule has 0 atom stereocenters. The summed E-state index contributed by atoms with van der Waals surface area (Å²) in [5, 5.41) is 7.65. The smallest absolute Gasteiger partial charge is 0.141 e. The third kappa shape index (κ3) is 5.79. The van der Waals surface area contributed by atoms with E-state index in [1.165, 1.54) is 98.5 Å². The second-order valence-corrected chi connectivity index (χ2v) is 14.9. The summed E-state index contributed by atoms with van der Waals surface area (Å²) in [4.78, 5) is 5.38. The lowest BCUT2D eigenvalue weighted by molar-refractivity contribution is 0.413. The molecule has 0 aliphatic heterocycles. The van der Waals surface area contributed by atoms with Crippen LogP contribution in [0.5, 0.6) is 0 Å². The van der Waals surface area contributed by atoms with Crippen molar-refractivity contribution in [2.45, 2.75) is 78.3 Å². The van der Waals surface area contributed by atoms with Crippen molar-refractivity contribution in [3.8, 4) is 11.4 Å². The van der Waals surface area contributed by atoms with Gasteiger partial charge in [0.1, 0.15) is 5.82 Å². The molecule has 0 fully saturated rings. The van der Waals surface area contributed by atoms with Crippen molar-refractivity contribution in [2.24, 2.45) is 0 Å². The lowest BCUT2D eigenvalue weighted by Crippen LogP contribution is -2.22. The number of hydrogen-bond acceptors (Lipinski definition) is 1. The van der Waals surface area contributed by atoms with Crippen molar-refractivity contribution in [1.82, 2.24) is 14.1 Å². The molecule has 8 rings (SSSR count). The zero-order valence-electron chi connectivity index (χ0n) is 29.9. The number of aryl methyl sites for hydroxylation is 1. The molecule has 0 aliphatic carbocycles. The van der Waals surface area contributed by atoms with E-state index in [0.717, 1.165) is 23.4 Å². The van der Waals surface area contributed by atoms with Crippen molar-refractivity contribution >= 4 is 66.5 Å². The van der Waals surface area contributed by atoms with Crippen LogP contribution in [0.1, 0.15) is 77.3 Å². The highest BCUT2D eigenvalue weighted by Crippen LogP contribution is 2.40. The summed E-state index contributed by atoms with van der Waals surface area (Å²) in [6, 6.07) is 42.2. The van der Waals surface area contributed by atoms with Gasteiger partial charge in [-0.05, 0) is 67.3 Å². The molecule has 0 saturated carbocycles. The van der Waals surface area contributed by atoms with Gasteiger partial charge in [0.2, 0.25) is 0 Å². The van der Waals surface area contributed by atoms with E-state index in [1.807, 2.05) is 0 Å². The summed E-state index contributed by atoms with van der Waals surface area (Å²) in [6.45, 7) is 10.2. The average Bonchev–Trinajstić information content (AvgIpc) is 3.70. The van der Waals surface area contributed by atoms with Crippen molar-refractivity contribution in [3.05, 3.63) is 126 Å². The third-order valence-corrected chi connectivity index (χ3v) is 10.4. The Hall–Kier alpha value is -5.15. The van der Waals surface area contributed by atoms with Gasteiger partial charge in [-0.25, -0.2) is 4.98 Å². The predicted octanol–water partition coefficient (Wildman–Crippen LogP) is 13.4. The van der Waals surface area contributed by atoms with E-state index in [0.29, 0.717) is 0 Å². The minimum Gasteiger partial charge on any atom is -0.340 e. The summed E-state index contributed by atoms with van der Waals surface area (Å²) in [5.41, 5.74) is 8.31. The standard InChI is InChI=1S/C47H47N3/c1-5-6-7-8-9-16-31-49-42-22-15-14-19-38(42)41-32-34(27-30-43(41)49)24-23-33-25-28-35(29-26-33)46-48-44-39-20-12-10-17-36(39)37-18-11-13-21-40(37)45(44)50(46)47(2,3)4/h10-15,17-30,32H,5-9,16,31H2,1-4H3/b24-23+. The zero-order chi connectivity index (χ0) is 34.2. The average molecular weight is 654 g/mol. The van der Waals surface area contributed by atoms with Gasteiger partial charge in [0, 0.05) is 50.2 Å². The summed E-state index contributed by atoms with van der Waals surface area (Å²) in [6.07, 6.45) is 12.4. The minimum atomic E-state index is -0.162. The van der Waals surface area contributed by atoms with Crippen LogP contribution in [0, 0.1) is 0 Å². The Balaban J connectivity index is 1.11. The van der Waals surface area contributed by atoms with E-state index in [-0.39, 0.29) is 5.54 Å².